The highest BCUT2D eigenvalue weighted by Gasteiger charge is 2.25. The molecule has 0 saturated heterocycles. The third-order valence-corrected chi connectivity index (χ3v) is 3.07. The number of nitrogens with zero attached hydrogens (tertiary/aromatic N) is 2. The number of benzene rings is 1. The van der Waals surface area contributed by atoms with Crippen LogP contribution in [-0.2, 0) is 0 Å². The number of para-hydroxylation sites is 1. The Bertz CT molecular complexity index is 500. The van der Waals surface area contributed by atoms with Crippen LogP contribution >= 0.6 is 0 Å². The summed E-state index contributed by atoms with van der Waals surface area (Å²) in [6.07, 6.45) is 0.841. The highest BCUT2D eigenvalue weighted by atomic mass is 16.6. The molecule has 6 nitrogen and oxygen atoms in total. The van der Waals surface area contributed by atoms with Crippen LogP contribution in [0.5, 0.6) is 0 Å². The Kier molecular flexibility index (Phi) is 5.49. The van der Waals surface area contributed by atoms with Crippen molar-refractivity contribution in [3.8, 4) is 0 Å². The molecule has 6 heteroatoms. The lowest BCUT2D eigenvalue weighted by Crippen LogP contribution is -2.37. The fourth-order valence-corrected chi connectivity index (χ4v) is 2.12. The van der Waals surface area contributed by atoms with Crippen molar-refractivity contribution in [2.24, 2.45) is 0 Å². The summed E-state index contributed by atoms with van der Waals surface area (Å²) in [6, 6.07) is 4.59. The minimum absolute atomic E-state index is 0.0476. The first-order valence-electron chi connectivity index (χ1n) is 6.70. The normalized spacial score (nSPS) is 10.4. The van der Waals surface area contributed by atoms with Crippen LogP contribution in [0.1, 0.15) is 37.6 Å². The van der Waals surface area contributed by atoms with Gasteiger partial charge in [-0.05, 0) is 26.3 Å². The van der Waals surface area contributed by atoms with Crippen LogP contribution in [0.4, 0.5) is 11.4 Å². The number of nitro groups is 1. The lowest BCUT2D eigenvalue weighted by Gasteiger charge is -2.27. The molecule has 1 amide bonds. The maximum Gasteiger partial charge on any atom is 0.293 e. The number of nitro benzene ring substituents is 1. The molecule has 1 rings (SSSR count). The Labute approximate surface area is 118 Å². The van der Waals surface area contributed by atoms with E-state index in [0.29, 0.717) is 12.1 Å². The minimum atomic E-state index is -0.484. The van der Waals surface area contributed by atoms with E-state index in [1.54, 1.807) is 18.0 Å². The monoisotopic (exact) mass is 279 g/mol. The van der Waals surface area contributed by atoms with E-state index in [2.05, 4.69) is 5.32 Å². The van der Waals surface area contributed by atoms with Crippen molar-refractivity contribution in [1.29, 1.82) is 0 Å². The lowest BCUT2D eigenvalue weighted by atomic mass is 10.1. The molecule has 0 aliphatic carbocycles. The molecular weight excluding hydrogens is 258 g/mol. The summed E-state index contributed by atoms with van der Waals surface area (Å²) < 4.78 is 0. The average Bonchev–Trinajstić information content (AvgIpc) is 2.42. The summed E-state index contributed by atoms with van der Waals surface area (Å²) >= 11 is 0. The first-order valence-corrected chi connectivity index (χ1v) is 6.70. The van der Waals surface area contributed by atoms with Crippen molar-refractivity contribution in [2.75, 3.05) is 18.9 Å². The van der Waals surface area contributed by atoms with E-state index in [1.807, 2.05) is 20.8 Å². The van der Waals surface area contributed by atoms with Crippen molar-refractivity contribution in [3.05, 3.63) is 33.9 Å². The third-order valence-electron chi connectivity index (χ3n) is 3.07. The Balaban J connectivity index is 3.27. The Morgan fingerprint density at radius 3 is 2.55 bits per heavy atom. The molecule has 1 aromatic carbocycles. The molecule has 0 heterocycles. The van der Waals surface area contributed by atoms with Crippen LogP contribution in [0.15, 0.2) is 18.2 Å². The fraction of sp³-hybridized carbons (Fsp3) is 0.500. The van der Waals surface area contributed by atoms with Gasteiger partial charge in [0.1, 0.15) is 5.69 Å². The Hall–Kier alpha value is -2.11. The van der Waals surface area contributed by atoms with Crippen LogP contribution in [-0.4, -0.2) is 35.4 Å². The van der Waals surface area contributed by atoms with Crippen molar-refractivity contribution >= 4 is 17.3 Å². The Morgan fingerprint density at radius 1 is 1.45 bits per heavy atom. The number of nitrogens with one attached hydrogen (secondary N) is 1. The van der Waals surface area contributed by atoms with Crippen LogP contribution in [0.2, 0.25) is 0 Å². The number of amides is 1. The quantitative estimate of drug-likeness (QED) is 0.641. The van der Waals surface area contributed by atoms with Gasteiger partial charge in [-0.3, -0.25) is 14.9 Å². The van der Waals surface area contributed by atoms with Gasteiger partial charge in [0.25, 0.3) is 11.6 Å². The van der Waals surface area contributed by atoms with Gasteiger partial charge in [-0.25, -0.2) is 0 Å². The molecule has 0 atom stereocenters. The summed E-state index contributed by atoms with van der Waals surface area (Å²) in [5.74, 6) is -0.185. The number of anilines is 1. The maximum absolute atomic E-state index is 12.6. The van der Waals surface area contributed by atoms with Crippen molar-refractivity contribution < 1.29 is 9.72 Å². The number of hydrogen-bond donors (Lipinski definition) is 1. The van der Waals surface area contributed by atoms with E-state index in [0.717, 1.165) is 6.42 Å². The molecule has 1 aromatic rings. The highest BCUT2D eigenvalue weighted by molar-refractivity contribution is 6.01. The Morgan fingerprint density at radius 2 is 2.10 bits per heavy atom. The second-order valence-electron chi connectivity index (χ2n) is 4.80. The third kappa shape index (κ3) is 3.26. The molecule has 0 bridgehead atoms. The number of hydrogen-bond acceptors (Lipinski definition) is 4. The summed E-state index contributed by atoms with van der Waals surface area (Å²) in [5.41, 5.74) is 0.520. The summed E-state index contributed by atoms with van der Waals surface area (Å²) in [5, 5.41) is 13.8. The minimum Gasteiger partial charge on any atom is -0.382 e. The molecule has 110 valence electrons. The molecule has 0 radical (unpaired) electrons. The topological polar surface area (TPSA) is 75.5 Å². The van der Waals surface area contributed by atoms with Gasteiger partial charge in [0, 0.05) is 25.7 Å². The average molecular weight is 279 g/mol. The van der Waals surface area contributed by atoms with Crippen LogP contribution in [0.3, 0.4) is 0 Å². The molecule has 0 fully saturated rings. The molecule has 0 unspecified atom stereocenters. The molecule has 0 aliphatic rings. The molecule has 0 spiro atoms. The zero-order valence-corrected chi connectivity index (χ0v) is 12.3. The van der Waals surface area contributed by atoms with Crippen molar-refractivity contribution in [3.63, 3.8) is 0 Å². The van der Waals surface area contributed by atoms with Crippen molar-refractivity contribution in [2.45, 2.75) is 33.2 Å². The summed E-state index contributed by atoms with van der Waals surface area (Å²) in [7, 11) is 1.58. The SMILES string of the molecule is CCCN(C(=O)c1cccc([N+](=O)[O-])c1NC)C(C)C. The van der Waals surface area contributed by atoms with Gasteiger partial charge in [-0.1, -0.05) is 13.0 Å². The molecule has 0 saturated carbocycles. The van der Waals surface area contributed by atoms with Gasteiger partial charge in [0.15, 0.2) is 0 Å². The predicted molar refractivity (Wildman–Crippen MR) is 79.1 cm³/mol. The lowest BCUT2D eigenvalue weighted by molar-refractivity contribution is -0.384. The molecule has 20 heavy (non-hydrogen) atoms. The number of rotatable bonds is 6. The maximum atomic E-state index is 12.6. The largest absolute Gasteiger partial charge is 0.382 e. The highest BCUT2D eigenvalue weighted by Crippen LogP contribution is 2.29. The second kappa shape index (κ2) is 6.88. The van der Waals surface area contributed by atoms with Gasteiger partial charge in [0.05, 0.1) is 10.5 Å². The summed E-state index contributed by atoms with van der Waals surface area (Å²) in [4.78, 5) is 24.9. The molecule has 1 N–H and O–H groups in total. The van der Waals surface area contributed by atoms with E-state index in [-0.39, 0.29) is 23.3 Å². The first kappa shape index (κ1) is 15.9. The predicted octanol–water partition coefficient (Wildman–Crippen LogP) is 2.90. The molecule has 0 aliphatic heterocycles. The van der Waals surface area contributed by atoms with Gasteiger partial charge in [-0.2, -0.15) is 0 Å². The van der Waals surface area contributed by atoms with E-state index < -0.39 is 4.92 Å². The molecule has 0 aromatic heterocycles. The zero-order chi connectivity index (χ0) is 15.3. The number of carbonyl (C=O) groups excluding carboxylic acids is 1. The van der Waals surface area contributed by atoms with Gasteiger partial charge in [-0.15, -0.1) is 0 Å². The first-order chi connectivity index (χ1) is 9.43. The fourth-order valence-electron chi connectivity index (χ4n) is 2.12. The van der Waals surface area contributed by atoms with Crippen LogP contribution in [0, 0.1) is 10.1 Å². The molecular formula is C14H21N3O3. The summed E-state index contributed by atoms with van der Waals surface area (Å²) in [6.45, 7) is 6.49. The van der Waals surface area contributed by atoms with Gasteiger partial charge >= 0.3 is 0 Å². The van der Waals surface area contributed by atoms with Crippen molar-refractivity contribution in [1.82, 2.24) is 4.90 Å². The van der Waals surface area contributed by atoms with E-state index >= 15 is 0 Å². The van der Waals surface area contributed by atoms with Crippen LogP contribution < -0.4 is 5.32 Å². The second-order valence-corrected chi connectivity index (χ2v) is 4.80. The smallest absolute Gasteiger partial charge is 0.293 e. The standard InChI is InChI=1S/C14H21N3O3/c1-5-9-16(10(2)3)14(18)11-7-6-8-12(17(19)20)13(11)15-4/h6-8,10,15H,5,9H2,1-4H3. The van der Waals surface area contributed by atoms with E-state index in [4.69, 9.17) is 0 Å². The number of carbonyl (C=O) groups is 1. The zero-order valence-electron chi connectivity index (χ0n) is 12.3. The van der Waals surface area contributed by atoms with Crippen LogP contribution in [0.25, 0.3) is 0 Å². The van der Waals surface area contributed by atoms with E-state index in [9.17, 15) is 14.9 Å². The van der Waals surface area contributed by atoms with Gasteiger partial charge in [0.2, 0.25) is 0 Å². The van der Waals surface area contributed by atoms with Gasteiger partial charge < -0.3 is 10.2 Å². The van der Waals surface area contributed by atoms with E-state index in [1.165, 1.54) is 12.1 Å².